The van der Waals surface area contributed by atoms with E-state index in [2.05, 4.69) is 10.3 Å². The number of carbonyl (C=O) groups excluding carboxylic acids is 2. The Morgan fingerprint density at radius 3 is 2.73 bits per heavy atom. The normalized spacial score (nSPS) is 10.9. The Morgan fingerprint density at radius 2 is 2.00 bits per heavy atom. The second kappa shape index (κ2) is 8.30. The Balaban J connectivity index is 1.75. The third-order valence-corrected chi connectivity index (χ3v) is 5.69. The summed E-state index contributed by atoms with van der Waals surface area (Å²) in [7, 11) is 0. The summed E-state index contributed by atoms with van der Waals surface area (Å²) >= 11 is 7.31. The minimum atomic E-state index is -0.477. The molecule has 1 amide bonds. The molecule has 3 aromatic heterocycles. The molecule has 0 unspecified atom stereocenters. The molecule has 0 bridgehead atoms. The van der Waals surface area contributed by atoms with Gasteiger partial charge in [-0.25, -0.2) is 9.78 Å². The number of nitrogens with one attached hydrogen (secondary N) is 1. The molecule has 4 aromatic rings. The number of ether oxygens (including phenoxy) is 1. The molecule has 0 aliphatic carbocycles. The van der Waals surface area contributed by atoms with Crippen LogP contribution in [0, 0.1) is 6.92 Å². The molecule has 8 heteroatoms. The molecule has 1 N–H and O–H groups in total. The van der Waals surface area contributed by atoms with E-state index in [0.29, 0.717) is 32.6 Å². The van der Waals surface area contributed by atoms with Crippen LogP contribution in [0.2, 0.25) is 5.02 Å². The van der Waals surface area contributed by atoms with Crippen LogP contribution in [0.4, 0.5) is 5.00 Å². The molecule has 0 aliphatic rings. The predicted octanol–water partition coefficient (Wildman–Crippen LogP) is 5.45. The molecule has 0 saturated carbocycles. The molecular formula is C22H18ClN3O3S. The number of fused-ring (bicyclic) bond motifs is 1. The van der Waals surface area contributed by atoms with E-state index >= 15 is 0 Å². The minimum Gasteiger partial charge on any atom is -0.462 e. The summed E-state index contributed by atoms with van der Waals surface area (Å²) in [6.07, 6.45) is 1.70. The summed E-state index contributed by atoms with van der Waals surface area (Å²) in [6.45, 7) is 3.74. The lowest BCUT2D eigenvalue weighted by atomic mass is 10.0. The molecule has 1 aromatic carbocycles. The number of anilines is 1. The van der Waals surface area contributed by atoms with E-state index in [1.165, 1.54) is 11.3 Å². The number of hydrogen-bond acceptors (Lipinski definition) is 5. The third kappa shape index (κ3) is 3.69. The van der Waals surface area contributed by atoms with Crippen molar-refractivity contribution in [2.75, 3.05) is 11.9 Å². The van der Waals surface area contributed by atoms with Gasteiger partial charge in [0.05, 0.1) is 12.3 Å². The molecule has 4 rings (SSSR count). The summed E-state index contributed by atoms with van der Waals surface area (Å²) in [5, 5.41) is 5.69. The first kappa shape index (κ1) is 20.1. The molecule has 0 saturated heterocycles. The van der Waals surface area contributed by atoms with Gasteiger partial charge in [-0.1, -0.05) is 41.9 Å². The molecule has 0 aliphatic heterocycles. The smallest absolute Gasteiger partial charge is 0.341 e. The summed E-state index contributed by atoms with van der Waals surface area (Å²) < 4.78 is 6.93. The van der Waals surface area contributed by atoms with Gasteiger partial charge in [-0.05, 0) is 25.5 Å². The van der Waals surface area contributed by atoms with Gasteiger partial charge in [0.1, 0.15) is 21.9 Å². The van der Waals surface area contributed by atoms with E-state index in [9.17, 15) is 9.59 Å². The molecular weight excluding hydrogens is 422 g/mol. The highest BCUT2D eigenvalue weighted by Gasteiger charge is 2.25. The van der Waals surface area contributed by atoms with Crippen LogP contribution in [0.1, 0.15) is 33.5 Å². The largest absolute Gasteiger partial charge is 0.462 e. The van der Waals surface area contributed by atoms with E-state index < -0.39 is 5.97 Å². The zero-order valence-corrected chi connectivity index (χ0v) is 17.9. The van der Waals surface area contributed by atoms with Crippen molar-refractivity contribution in [3.63, 3.8) is 0 Å². The number of amides is 1. The highest BCUT2D eigenvalue weighted by atomic mass is 35.5. The standard InChI is InChI=1S/C22H18ClN3O3S/c1-3-29-22(28)18-16(14-7-5-4-6-8-14)12-30-21(18)25-20(27)19-13(2)24-17-11-15(23)9-10-26(17)19/h4-12H,3H2,1-2H3,(H,25,27). The van der Waals surface area contributed by atoms with E-state index in [1.807, 2.05) is 35.7 Å². The Kier molecular flexibility index (Phi) is 5.57. The number of aromatic nitrogens is 2. The zero-order valence-electron chi connectivity index (χ0n) is 16.3. The lowest BCUT2D eigenvalue weighted by molar-refractivity contribution is 0.0529. The topological polar surface area (TPSA) is 72.7 Å². The average molecular weight is 440 g/mol. The van der Waals surface area contributed by atoms with Crippen molar-refractivity contribution >= 4 is 45.5 Å². The molecule has 0 spiro atoms. The Hall–Kier alpha value is -3.16. The maximum Gasteiger partial charge on any atom is 0.341 e. The predicted molar refractivity (Wildman–Crippen MR) is 119 cm³/mol. The highest BCUT2D eigenvalue weighted by Crippen LogP contribution is 2.36. The van der Waals surface area contributed by atoms with E-state index in [1.54, 1.807) is 36.6 Å². The molecule has 152 valence electrons. The number of carbonyl (C=O) groups is 2. The minimum absolute atomic E-state index is 0.240. The number of benzene rings is 1. The second-order valence-electron chi connectivity index (χ2n) is 6.51. The van der Waals surface area contributed by atoms with Crippen molar-refractivity contribution in [3.05, 3.63) is 76.0 Å². The average Bonchev–Trinajstić information content (AvgIpc) is 3.28. The van der Waals surface area contributed by atoms with Crippen LogP contribution in [0.25, 0.3) is 16.8 Å². The fourth-order valence-electron chi connectivity index (χ4n) is 3.26. The number of halogens is 1. The highest BCUT2D eigenvalue weighted by molar-refractivity contribution is 7.15. The van der Waals surface area contributed by atoms with Crippen molar-refractivity contribution < 1.29 is 14.3 Å². The Morgan fingerprint density at radius 1 is 1.23 bits per heavy atom. The third-order valence-electron chi connectivity index (χ3n) is 4.56. The Labute approximate surface area is 182 Å². The second-order valence-corrected chi connectivity index (χ2v) is 7.83. The number of hydrogen-bond donors (Lipinski definition) is 1. The van der Waals surface area contributed by atoms with Gasteiger partial charge in [-0.2, -0.15) is 0 Å². The molecule has 30 heavy (non-hydrogen) atoms. The van der Waals surface area contributed by atoms with Gasteiger partial charge in [-0.15, -0.1) is 11.3 Å². The Bertz CT molecular complexity index is 1250. The molecule has 3 heterocycles. The fraction of sp³-hybridized carbons (Fsp3) is 0.136. The van der Waals surface area contributed by atoms with Crippen molar-refractivity contribution in [2.24, 2.45) is 0 Å². The van der Waals surface area contributed by atoms with E-state index in [-0.39, 0.29) is 12.5 Å². The van der Waals surface area contributed by atoms with Crippen LogP contribution in [-0.2, 0) is 4.74 Å². The maximum absolute atomic E-state index is 13.1. The number of aryl methyl sites for hydroxylation is 1. The first-order valence-electron chi connectivity index (χ1n) is 9.29. The molecule has 0 fully saturated rings. The first-order valence-corrected chi connectivity index (χ1v) is 10.5. The number of thiophene rings is 1. The van der Waals surface area contributed by atoms with Crippen LogP contribution in [0.15, 0.2) is 54.0 Å². The zero-order chi connectivity index (χ0) is 21.3. The van der Waals surface area contributed by atoms with E-state index in [4.69, 9.17) is 16.3 Å². The van der Waals surface area contributed by atoms with Crippen molar-refractivity contribution in [1.82, 2.24) is 9.38 Å². The number of rotatable bonds is 5. The summed E-state index contributed by atoms with van der Waals surface area (Å²) in [5.74, 6) is -0.844. The van der Waals surface area contributed by atoms with Crippen LogP contribution < -0.4 is 5.32 Å². The fourth-order valence-corrected chi connectivity index (χ4v) is 4.37. The maximum atomic E-state index is 13.1. The summed E-state index contributed by atoms with van der Waals surface area (Å²) in [4.78, 5) is 30.2. The molecule has 0 radical (unpaired) electrons. The van der Waals surface area contributed by atoms with Gasteiger partial charge in [0.2, 0.25) is 0 Å². The number of pyridine rings is 1. The van der Waals surface area contributed by atoms with Crippen molar-refractivity contribution in [3.8, 4) is 11.1 Å². The van der Waals surface area contributed by atoms with Crippen LogP contribution in [-0.4, -0.2) is 27.9 Å². The van der Waals surface area contributed by atoms with E-state index in [0.717, 1.165) is 11.1 Å². The first-order chi connectivity index (χ1) is 14.5. The van der Waals surface area contributed by atoms with Crippen LogP contribution in [0.3, 0.4) is 0 Å². The number of imidazole rings is 1. The molecule has 0 atom stereocenters. The number of esters is 1. The quantitative estimate of drug-likeness (QED) is 0.419. The summed E-state index contributed by atoms with van der Waals surface area (Å²) in [6, 6.07) is 12.9. The monoisotopic (exact) mass is 439 g/mol. The molecule has 6 nitrogen and oxygen atoms in total. The van der Waals surface area contributed by atoms with Gasteiger partial charge >= 0.3 is 5.97 Å². The van der Waals surface area contributed by atoms with Gasteiger partial charge in [0.15, 0.2) is 0 Å². The lowest BCUT2D eigenvalue weighted by Gasteiger charge is -2.09. The van der Waals surface area contributed by atoms with Gasteiger partial charge < -0.3 is 10.1 Å². The van der Waals surface area contributed by atoms with Crippen LogP contribution >= 0.6 is 22.9 Å². The summed E-state index contributed by atoms with van der Waals surface area (Å²) in [5.41, 5.74) is 3.45. The van der Waals surface area contributed by atoms with Crippen LogP contribution in [0.5, 0.6) is 0 Å². The van der Waals surface area contributed by atoms with Gasteiger partial charge in [-0.3, -0.25) is 9.20 Å². The van der Waals surface area contributed by atoms with Crippen molar-refractivity contribution in [2.45, 2.75) is 13.8 Å². The van der Waals surface area contributed by atoms with Crippen molar-refractivity contribution in [1.29, 1.82) is 0 Å². The number of nitrogens with zero attached hydrogens (tertiary/aromatic N) is 2. The van der Waals surface area contributed by atoms with Gasteiger partial charge in [0, 0.05) is 28.2 Å². The SMILES string of the molecule is CCOC(=O)c1c(-c2ccccc2)csc1NC(=O)c1c(C)nc2cc(Cl)ccn12. The van der Waals surface area contributed by atoms with Gasteiger partial charge in [0.25, 0.3) is 5.91 Å². The lowest BCUT2D eigenvalue weighted by Crippen LogP contribution is -2.17.